The molecule has 4 aliphatic rings. The highest BCUT2D eigenvalue weighted by Crippen LogP contribution is 2.60. The lowest BCUT2D eigenvalue weighted by Gasteiger charge is -2.56. The van der Waals surface area contributed by atoms with Crippen LogP contribution in [0.15, 0.2) is 24.3 Å². The van der Waals surface area contributed by atoms with Crippen molar-refractivity contribution >= 4 is 5.91 Å². The van der Waals surface area contributed by atoms with Crippen molar-refractivity contribution in [3.8, 4) is 0 Å². The van der Waals surface area contributed by atoms with E-state index in [1.165, 1.54) is 25.3 Å². The van der Waals surface area contributed by atoms with Gasteiger partial charge >= 0.3 is 0 Å². The molecular formula is C19H24FNO. The first-order chi connectivity index (χ1) is 10.6. The quantitative estimate of drug-likeness (QED) is 0.826. The molecule has 0 spiro atoms. The van der Waals surface area contributed by atoms with Crippen molar-refractivity contribution in [3.63, 3.8) is 0 Å². The van der Waals surface area contributed by atoms with E-state index in [4.69, 9.17) is 0 Å². The summed E-state index contributed by atoms with van der Waals surface area (Å²) in [5.74, 6) is 2.33. The van der Waals surface area contributed by atoms with E-state index in [2.05, 4.69) is 0 Å². The van der Waals surface area contributed by atoms with Crippen molar-refractivity contribution in [2.24, 2.45) is 23.2 Å². The molecule has 0 N–H and O–H groups in total. The molecule has 1 amide bonds. The van der Waals surface area contributed by atoms with Crippen LogP contribution >= 0.6 is 0 Å². The highest BCUT2D eigenvalue weighted by atomic mass is 19.1. The summed E-state index contributed by atoms with van der Waals surface area (Å²) in [7, 11) is 1.84. The first-order valence-electron chi connectivity index (χ1n) is 8.55. The molecule has 5 rings (SSSR count). The molecule has 4 fully saturated rings. The van der Waals surface area contributed by atoms with E-state index in [-0.39, 0.29) is 17.1 Å². The van der Waals surface area contributed by atoms with Crippen LogP contribution in [0.1, 0.15) is 44.1 Å². The summed E-state index contributed by atoms with van der Waals surface area (Å²) in [4.78, 5) is 14.9. The van der Waals surface area contributed by atoms with Gasteiger partial charge in [-0.15, -0.1) is 0 Å². The second-order valence-electron chi connectivity index (χ2n) is 7.95. The highest BCUT2D eigenvalue weighted by Gasteiger charge is 2.55. The van der Waals surface area contributed by atoms with Crippen LogP contribution in [-0.2, 0) is 11.3 Å². The van der Waals surface area contributed by atoms with Crippen molar-refractivity contribution in [1.82, 2.24) is 4.90 Å². The van der Waals surface area contributed by atoms with E-state index in [9.17, 15) is 9.18 Å². The molecular weight excluding hydrogens is 277 g/mol. The third-order valence-corrected chi connectivity index (χ3v) is 6.20. The summed E-state index contributed by atoms with van der Waals surface area (Å²) in [5.41, 5.74) is 0.484. The largest absolute Gasteiger partial charge is 0.341 e. The first kappa shape index (κ1) is 14.2. The summed E-state index contributed by atoms with van der Waals surface area (Å²) in [6, 6.07) is 6.78. The summed E-state index contributed by atoms with van der Waals surface area (Å²) < 4.78 is 13.8. The predicted octanol–water partition coefficient (Wildman–Crippen LogP) is 4.00. The first-order valence-corrected chi connectivity index (χ1v) is 8.55. The molecule has 0 radical (unpaired) electrons. The zero-order chi connectivity index (χ0) is 15.3. The Morgan fingerprint density at radius 1 is 1.14 bits per heavy atom. The minimum absolute atomic E-state index is 0.130. The molecule has 3 heteroatoms. The molecule has 0 atom stereocenters. The Morgan fingerprint density at radius 3 is 2.23 bits per heavy atom. The zero-order valence-electron chi connectivity index (χ0n) is 13.2. The lowest BCUT2D eigenvalue weighted by molar-refractivity contribution is -0.156. The molecule has 4 aliphatic carbocycles. The van der Waals surface area contributed by atoms with Gasteiger partial charge in [-0.3, -0.25) is 4.79 Å². The Morgan fingerprint density at radius 2 is 1.68 bits per heavy atom. The Hall–Kier alpha value is -1.38. The summed E-state index contributed by atoms with van der Waals surface area (Å²) >= 11 is 0. The molecule has 4 bridgehead atoms. The number of amides is 1. The van der Waals surface area contributed by atoms with Gasteiger partial charge in [0.1, 0.15) is 5.82 Å². The second kappa shape index (κ2) is 5.07. The third kappa shape index (κ3) is 2.26. The highest BCUT2D eigenvalue weighted by molar-refractivity contribution is 5.83. The maximum Gasteiger partial charge on any atom is 0.228 e. The Labute approximate surface area is 131 Å². The maximum absolute atomic E-state index is 13.8. The minimum Gasteiger partial charge on any atom is -0.341 e. The monoisotopic (exact) mass is 301 g/mol. The van der Waals surface area contributed by atoms with Gasteiger partial charge in [-0.2, -0.15) is 0 Å². The number of hydrogen-bond acceptors (Lipinski definition) is 1. The van der Waals surface area contributed by atoms with Crippen LogP contribution in [0.25, 0.3) is 0 Å². The van der Waals surface area contributed by atoms with Gasteiger partial charge in [-0.1, -0.05) is 18.2 Å². The van der Waals surface area contributed by atoms with Crippen LogP contribution in [-0.4, -0.2) is 17.9 Å². The van der Waals surface area contributed by atoms with E-state index in [0.717, 1.165) is 37.0 Å². The average Bonchev–Trinajstić information content (AvgIpc) is 2.47. The van der Waals surface area contributed by atoms with E-state index in [1.807, 2.05) is 13.1 Å². The summed E-state index contributed by atoms with van der Waals surface area (Å²) in [5, 5.41) is 0. The molecule has 2 nitrogen and oxygen atoms in total. The van der Waals surface area contributed by atoms with E-state index in [1.54, 1.807) is 17.0 Å². The van der Waals surface area contributed by atoms with Gasteiger partial charge in [0.05, 0.1) is 5.41 Å². The number of nitrogens with zero attached hydrogens (tertiary/aromatic N) is 1. The fraction of sp³-hybridized carbons (Fsp3) is 0.632. The predicted molar refractivity (Wildman–Crippen MR) is 83.5 cm³/mol. The van der Waals surface area contributed by atoms with Crippen molar-refractivity contribution in [2.45, 2.75) is 45.1 Å². The molecule has 1 aromatic rings. The van der Waals surface area contributed by atoms with Gasteiger partial charge in [-0.25, -0.2) is 4.39 Å². The molecule has 0 aliphatic heterocycles. The van der Waals surface area contributed by atoms with Crippen LogP contribution in [0.3, 0.4) is 0 Å². The zero-order valence-corrected chi connectivity index (χ0v) is 13.2. The van der Waals surface area contributed by atoms with Gasteiger partial charge in [0.25, 0.3) is 0 Å². The summed E-state index contributed by atoms with van der Waals surface area (Å²) in [6.45, 7) is 0.382. The Balaban J connectivity index is 1.53. The van der Waals surface area contributed by atoms with Crippen LogP contribution in [0.5, 0.6) is 0 Å². The molecule has 4 saturated carbocycles. The normalized spacial score (nSPS) is 35.6. The van der Waals surface area contributed by atoms with Crippen molar-refractivity contribution < 1.29 is 9.18 Å². The molecule has 22 heavy (non-hydrogen) atoms. The molecule has 0 heterocycles. The van der Waals surface area contributed by atoms with Gasteiger partial charge in [0.2, 0.25) is 5.91 Å². The number of benzene rings is 1. The lowest BCUT2D eigenvalue weighted by Crippen LogP contribution is -2.53. The number of carbonyl (C=O) groups is 1. The van der Waals surface area contributed by atoms with Gasteiger partial charge in [0, 0.05) is 19.2 Å². The molecule has 0 aromatic heterocycles. The number of rotatable bonds is 3. The van der Waals surface area contributed by atoms with Crippen LogP contribution in [0.2, 0.25) is 0 Å². The SMILES string of the molecule is CN(Cc1ccccc1F)C(=O)C12CC3CC(CC(C3)C1)C2. The fourth-order valence-electron chi connectivity index (χ4n) is 5.73. The van der Waals surface area contributed by atoms with Crippen LogP contribution in [0.4, 0.5) is 4.39 Å². The van der Waals surface area contributed by atoms with Crippen molar-refractivity contribution in [3.05, 3.63) is 35.6 Å². The molecule has 0 unspecified atom stereocenters. The topological polar surface area (TPSA) is 20.3 Å². The molecule has 118 valence electrons. The summed E-state index contributed by atoms with van der Waals surface area (Å²) in [6.07, 6.45) is 7.22. The Bertz CT molecular complexity index is 562. The fourth-order valence-corrected chi connectivity index (χ4v) is 5.73. The van der Waals surface area contributed by atoms with E-state index in [0.29, 0.717) is 12.1 Å². The second-order valence-corrected chi connectivity index (χ2v) is 7.95. The van der Waals surface area contributed by atoms with E-state index < -0.39 is 0 Å². The maximum atomic E-state index is 13.8. The third-order valence-electron chi connectivity index (χ3n) is 6.20. The van der Waals surface area contributed by atoms with Crippen molar-refractivity contribution in [2.75, 3.05) is 7.05 Å². The van der Waals surface area contributed by atoms with Crippen molar-refractivity contribution in [1.29, 1.82) is 0 Å². The van der Waals surface area contributed by atoms with Gasteiger partial charge in [0.15, 0.2) is 0 Å². The smallest absolute Gasteiger partial charge is 0.228 e. The van der Waals surface area contributed by atoms with Gasteiger partial charge < -0.3 is 4.90 Å². The molecule has 0 saturated heterocycles. The minimum atomic E-state index is -0.215. The van der Waals surface area contributed by atoms with E-state index >= 15 is 0 Å². The number of halogens is 1. The van der Waals surface area contributed by atoms with Crippen LogP contribution in [0, 0.1) is 29.0 Å². The van der Waals surface area contributed by atoms with Crippen LogP contribution < -0.4 is 0 Å². The standard InChI is InChI=1S/C19H24FNO/c1-21(12-16-4-2-3-5-17(16)20)18(22)19-9-13-6-14(10-19)8-15(7-13)11-19/h2-5,13-15H,6-12H2,1H3. The number of hydrogen-bond donors (Lipinski definition) is 0. The average molecular weight is 301 g/mol. The lowest BCUT2D eigenvalue weighted by atomic mass is 9.49. The Kier molecular flexibility index (Phi) is 3.28. The molecule has 1 aromatic carbocycles. The number of carbonyl (C=O) groups excluding carboxylic acids is 1. The van der Waals surface area contributed by atoms with Gasteiger partial charge in [-0.05, 0) is 62.3 Å².